The molecule has 3 aromatic carbocycles. The first-order valence-electron chi connectivity index (χ1n) is 12.4. The van der Waals surface area contributed by atoms with Crippen LogP contribution >= 0.6 is 0 Å². The second-order valence-electron chi connectivity index (χ2n) is 9.12. The second kappa shape index (κ2) is 9.77. The molecule has 0 spiro atoms. The van der Waals surface area contributed by atoms with Crippen molar-refractivity contribution < 1.29 is 24.1 Å². The number of aliphatic hydroxyl groups excluding tert-OH is 1. The SMILES string of the molecule is COc1ccc2c(c1OC)c(=O)n1c3ccc(OCC(=O)NC[C@@H](O)c4ccccc4)cc3c3ccnc2c31. The number of hydrogen-bond donors (Lipinski definition) is 2. The van der Waals surface area contributed by atoms with Crippen LogP contribution in [0.25, 0.3) is 38.1 Å². The minimum absolute atomic E-state index is 0.0748. The molecule has 196 valence electrons. The summed E-state index contributed by atoms with van der Waals surface area (Å²) >= 11 is 0. The molecule has 0 aliphatic rings. The zero-order valence-electron chi connectivity index (χ0n) is 21.3. The van der Waals surface area contributed by atoms with Gasteiger partial charge in [0.1, 0.15) is 5.75 Å². The predicted molar refractivity (Wildman–Crippen MR) is 148 cm³/mol. The van der Waals surface area contributed by atoms with Crippen LogP contribution < -0.4 is 25.1 Å². The Morgan fingerprint density at radius 3 is 2.59 bits per heavy atom. The number of benzene rings is 3. The van der Waals surface area contributed by atoms with Crippen LogP contribution in [0.5, 0.6) is 17.2 Å². The van der Waals surface area contributed by atoms with Crippen molar-refractivity contribution in [3.05, 3.63) is 88.8 Å². The van der Waals surface area contributed by atoms with E-state index in [2.05, 4.69) is 10.3 Å². The van der Waals surface area contributed by atoms with Gasteiger partial charge in [-0.25, -0.2) is 0 Å². The Balaban J connectivity index is 1.34. The first-order valence-corrected chi connectivity index (χ1v) is 12.4. The Labute approximate surface area is 222 Å². The molecule has 9 nitrogen and oxygen atoms in total. The summed E-state index contributed by atoms with van der Waals surface area (Å²) in [5.74, 6) is 0.933. The van der Waals surface area contributed by atoms with Gasteiger partial charge in [0.05, 0.1) is 42.3 Å². The fraction of sp³-hybridized carbons (Fsp3) is 0.167. The predicted octanol–water partition coefficient (Wildman–Crippen LogP) is 3.84. The third-order valence-corrected chi connectivity index (χ3v) is 6.91. The summed E-state index contributed by atoms with van der Waals surface area (Å²) in [6.07, 6.45) is 0.895. The van der Waals surface area contributed by atoms with E-state index in [4.69, 9.17) is 14.2 Å². The van der Waals surface area contributed by atoms with E-state index >= 15 is 0 Å². The maximum atomic E-state index is 13.8. The molecule has 39 heavy (non-hydrogen) atoms. The molecule has 1 amide bonds. The lowest BCUT2D eigenvalue weighted by Gasteiger charge is -2.12. The Morgan fingerprint density at radius 2 is 1.82 bits per heavy atom. The van der Waals surface area contributed by atoms with Crippen LogP contribution in [0.15, 0.2) is 77.7 Å². The molecule has 0 radical (unpaired) electrons. The van der Waals surface area contributed by atoms with Gasteiger partial charge in [0.2, 0.25) is 0 Å². The second-order valence-corrected chi connectivity index (χ2v) is 9.12. The molecule has 0 saturated heterocycles. The Bertz CT molecular complexity index is 1900. The summed E-state index contributed by atoms with van der Waals surface area (Å²) in [7, 11) is 3.03. The molecule has 0 saturated carbocycles. The number of fused-ring (bicyclic) bond motifs is 5. The monoisotopic (exact) mass is 523 g/mol. The quantitative estimate of drug-likeness (QED) is 0.292. The molecule has 0 aliphatic heterocycles. The highest BCUT2D eigenvalue weighted by Gasteiger charge is 2.22. The number of rotatable bonds is 8. The van der Waals surface area contributed by atoms with Crippen molar-refractivity contribution in [2.45, 2.75) is 6.10 Å². The van der Waals surface area contributed by atoms with Crippen LogP contribution in [-0.4, -0.2) is 47.8 Å². The van der Waals surface area contributed by atoms with Gasteiger partial charge in [-0.15, -0.1) is 0 Å². The molecule has 1 atom stereocenters. The van der Waals surface area contributed by atoms with Gasteiger partial charge < -0.3 is 24.6 Å². The highest BCUT2D eigenvalue weighted by atomic mass is 16.5. The molecule has 6 rings (SSSR count). The summed E-state index contributed by atoms with van der Waals surface area (Å²) in [5.41, 5.74) is 2.52. The van der Waals surface area contributed by atoms with Gasteiger partial charge in [-0.3, -0.25) is 19.0 Å². The summed E-state index contributed by atoms with van der Waals surface area (Å²) in [6.45, 7) is -0.148. The lowest BCUT2D eigenvalue weighted by Crippen LogP contribution is -2.32. The van der Waals surface area contributed by atoms with Crippen molar-refractivity contribution in [1.29, 1.82) is 0 Å². The van der Waals surface area contributed by atoms with E-state index in [1.165, 1.54) is 14.2 Å². The Kier molecular flexibility index (Phi) is 6.12. The molecule has 6 aromatic rings. The number of nitrogens with zero attached hydrogens (tertiary/aromatic N) is 2. The Morgan fingerprint density at radius 1 is 1.00 bits per heavy atom. The lowest BCUT2D eigenvalue weighted by atomic mass is 10.1. The number of methoxy groups -OCH3 is 2. The molecule has 0 fully saturated rings. The number of aromatic nitrogens is 2. The van der Waals surface area contributed by atoms with Gasteiger partial charge in [-0.1, -0.05) is 30.3 Å². The average Bonchev–Trinajstić information content (AvgIpc) is 3.31. The summed E-state index contributed by atoms with van der Waals surface area (Å²) in [5, 5.41) is 15.6. The first kappa shape index (κ1) is 24.4. The molecule has 0 bridgehead atoms. The maximum absolute atomic E-state index is 13.8. The third-order valence-electron chi connectivity index (χ3n) is 6.91. The normalized spacial score (nSPS) is 12.3. The standard InChI is InChI=1S/C30H25N3O6/c1-37-24-11-9-20-26(29(24)38-2)30(36)33-22-10-8-18(14-21(22)19-12-13-31-27(20)28(19)33)39-16-25(35)32-15-23(34)17-6-4-3-5-7-17/h3-14,23,34H,15-16H2,1-2H3,(H,32,35)/t23-/m1/s1. The van der Waals surface area contributed by atoms with E-state index in [-0.39, 0.29) is 24.6 Å². The average molecular weight is 524 g/mol. The summed E-state index contributed by atoms with van der Waals surface area (Å²) < 4.78 is 18.4. The molecular weight excluding hydrogens is 498 g/mol. The fourth-order valence-corrected chi connectivity index (χ4v) is 5.09. The zero-order valence-corrected chi connectivity index (χ0v) is 21.3. The van der Waals surface area contributed by atoms with Crippen molar-refractivity contribution in [2.24, 2.45) is 0 Å². The van der Waals surface area contributed by atoms with Crippen LogP contribution in [0.2, 0.25) is 0 Å². The van der Waals surface area contributed by atoms with E-state index in [9.17, 15) is 14.7 Å². The number of aliphatic hydroxyl groups is 1. The van der Waals surface area contributed by atoms with Crippen molar-refractivity contribution in [1.82, 2.24) is 14.7 Å². The number of hydrogen-bond acceptors (Lipinski definition) is 7. The van der Waals surface area contributed by atoms with Crippen LogP contribution in [0, 0.1) is 0 Å². The van der Waals surface area contributed by atoms with Gasteiger partial charge >= 0.3 is 0 Å². The highest BCUT2D eigenvalue weighted by Crippen LogP contribution is 2.39. The smallest absolute Gasteiger partial charge is 0.267 e. The van der Waals surface area contributed by atoms with E-state index in [1.807, 2.05) is 36.4 Å². The highest BCUT2D eigenvalue weighted by molar-refractivity contribution is 6.19. The van der Waals surface area contributed by atoms with Crippen LogP contribution in [0.3, 0.4) is 0 Å². The molecule has 0 aliphatic carbocycles. The van der Waals surface area contributed by atoms with Gasteiger partial charge in [0, 0.05) is 28.9 Å². The van der Waals surface area contributed by atoms with Crippen molar-refractivity contribution in [3.8, 4) is 17.2 Å². The third kappa shape index (κ3) is 4.04. The minimum Gasteiger partial charge on any atom is -0.493 e. The van der Waals surface area contributed by atoms with Crippen LogP contribution in [0.4, 0.5) is 0 Å². The number of amides is 1. The largest absolute Gasteiger partial charge is 0.493 e. The van der Waals surface area contributed by atoms with Crippen molar-refractivity contribution >= 4 is 44.0 Å². The fourth-order valence-electron chi connectivity index (χ4n) is 5.09. The van der Waals surface area contributed by atoms with Crippen LogP contribution in [0.1, 0.15) is 11.7 Å². The van der Waals surface area contributed by atoms with E-state index in [0.29, 0.717) is 44.6 Å². The summed E-state index contributed by atoms with van der Waals surface area (Å²) in [4.78, 5) is 30.8. The topological polar surface area (TPSA) is 111 Å². The van der Waals surface area contributed by atoms with Crippen molar-refractivity contribution in [2.75, 3.05) is 27.4 Å². The van der Waals surface area contributed by atoms with Gasteiger partial charge in [0.15, 0.2) is 18.1 Å². The molecular formula is C30H25N3O6. The Hall–Kier alpha value is -4.89. The number of nitrogens with one attached hydrogen (secondary N) is 1. The van der Waals surface area contributed by atoms with E-state index in [0.717, 1.165) is 16.3 Å². The minimum atomic E-state index is -0.810. The summed E-state index contributed by atoms with van der Waals surface area (Å²) in [6, 6.07) is 19.9. The number of carbonyl (C=O) groups excluding carboxylic acids is 1. The zero-order chi connectivity index (χ0) is 27.1. The van der Waals surface area contributed by atoms with Crippen molar-refractivity contribution in [3.63, 3.8) is 0 Å². The molecule has 0 unspecified atom stereocenters. The van der Waals surface area contributed by atoms with E-state index < -0.39 is 6.10 Å². The van der Waals surface area contributed by atoms with Gasteiger partial charge in [-0.2, -0.15) is 0 Å². The number of ether oxygens (including phenoxy) is 3. The molecule has 3 aromatic heterocycles. The lowest BCUT2D eigenvalue weighted by molar-refractivity contribution is -0.123. The number of pyridine rings is 2. The first-order chi connectivity index (χ1) is 19.0. The van der Waals surface area contributed by atoms with Gasteiger partial charge in [-0.05, 0) is 42.0 Å². The van der Waals surface area contributed by atoms with Gasteiger partial charge in [0.25, 0.3) is 11.5 Å². The maximum Gasteiger partial charge on any atom is 0.267 e. The molecule has 2 N–H and O–H groups in total. The number of carbonyl (C=O) groups is 1. The molecule has 3 heterocycles. The van der Waals surface area contributed by atoms with E-state index in [1.54, 1.807) is 40.9 Å². The molecule has 9 heteroatoms. The van der Waals surface area contributed by atoms with Crippen LogP contribution in [-0.2, 0) is 4.79 Å².